The summed E-state index contributed by atoms with van der Waals surface area (Å²) < 4.78 is 13.6. The van der Waals surface area contributed by atoms with Crippen LogP contribution in [0.5, 0.6) is 5.75 Å². The zero-order valence-corrected chi connectivity index (χ0v) is 16.3. The fraction of sp³-hybridized carbons (Fsp3) is 0.667. The number of ether oxygens (including phenoxy) is 2. The van der Waals surface area contributed by atoms with Crippen molar-refractivity contribution >= 4 is 21.8 Å². The van der Waals surface area contributed by atoms with Gasteiger partial charge in [-0.15, -0.1) is 0 Å². The number of carbonyl (C=O) groups is 1. The van der Waals surface area contributed by atoms with E-state index in [1.165, 1.54) is 10.6 Å². The summed E-state index contributed by atoms with van der Waals surface area (Å²) in [6.45, 7) is 0.420. The molecular weight excluding hydrogens is 388 g/mol. The standard InChI is InChI=1S/C18H25BrN2O4/c1-21-9-14(19)15(7-16(21)22)25-12-5-3-11(4-6-12)13-8-18(13,10-24-2)17(20)23/h7,9,11-13H,3-6,8,10H2,1-2H3,(H2,20,23). The third kappa shape index (κ3) is 3.62. The minimum Gasteiger partial charge on any atom is -0.489 e. The molecule has 6 nitrogen and oxygen atoms in total. The third-order valence-electron chi connectivity index (χ3n) is 5.75. The quantitative estimate of drug-likeness (QED) is 0.775. The highest BCUT2D eigenvalue weighted by atomic mass is 79.9. The number of hydrogen-bond acceptors (Lipinski definition) is 4. The molecule has 2 aliphatic carbocycles. The molecule has 138 valence electrons. The lowest BCUT2D eigenvalue weighted by Crippen LogP contribution is -2.33. The van der Waals surface area contributed by atoms with Crippen LogP contribution in [0.4, 0.5) is 0 Å². The smallest absolute Gasteiger partial charge is 0.254 e. The van der Waals surface area contributed by atoms with E-state index < -0.39 is 5.41 Å². The van der Waals surface area contributed by atoms with Gasteiger partial charge < -0.3 is 19.8 Å². The summed E-state index contributed by atoms with van der Waals surface area (Å²) in [4.78, 5) is 23.6. The second-order valence-corrected chi connectivity index (χ2v) is 8.21. The molecule has 7 heteroatoms. The number of nitrogens with zero attached hydrogens (tertiary/aromatic N) is 1. The number of amides is 1. The second-order valence-electron chi connectivity index (χ2n) is 7.35. The molecule has 1 aromatic heterocycles. The predicted molar refractivity (Wildman–Crippen MR) is 97.4 cm³/mol. The number of primary amides is 1. The van der Waals surface area contributed by atoms with Gasteiger partial charge in [0, 0.05) is 26.4 Å². The van der Waals surface area contributed by atoms with Crippen LogP contribution in [0, 0.1) is 17.3 Å². The summed E-state index contributed by atoms with van der Waals surface area (Å²) in [6, 6.07) is 1.52. The maximum absolute atomic E-state index is 11.8. The van der Waals surface area contributed by atoms with Crippen molar-refractivity contribution in [1.29, 1.82) is 0 Å². The number of rotatable bonds is 6. The molecule has 1 aromatic rings. The van der Waals surface area contributed by atoms with E-state index in [1.807, 2.05) is 0 Å². The number of halogens is 1. The van der Waals surface area contributed by atoms with Crippen molar-refractivity contribution in [1.82, 2.24) is 4.57 Å². The van der Waals surface area contributed by atoms with Crippen molar-refractivity contribution in [3.63, 3.8) is 0 Å². The molecule has 0 bridgehead atoms. The van der Waals surface area contributed by atoms with Crippen LogP contribution in [0.25, 0.3) is 0 Å². The van der Waals surface area contributed by atoms with E-state index in [0.29, 0.717) is 24.2 Å². The summed E-state index contributed by atoms with van der Waals surface area (Å²) in [5.41, 5.74) is 5.06. The summed E-state index contributed by atoms with van der Waals surface area (Å²) >= 11 is 3.45. The average molecular weight is 413 g/mol. The fourth-order valence-corrected chi connectivity index (χ4v) is 4.70. The van der Waals surface area contributed by atoms with Crippen molar-refractivity contribution in [2.24, 2.45) is 30.0 Å². The molecule has 2 aliphatic rings. The molecule has 0 saturated heterocycles. The highest BCUT2D eigenvalue weighted by molar-refractivity contribution is 9.10. The van der Waals surface area contributed by atoms with Crippen molar-refractivity contribution in [3.8, 4) is 5.75 Å². The maximum atomic E-state index is 11.8. The Morgan fingerprint density at radius 2 is 2.08 bits per heavy atom. The summed E-state index contributed by atoms with van der Waals surface area (Å²) in [7, 11) is 3.33. The average Bonchev–Trinajstić information content (AvgIpc) is 3.29. The lowest BCUT2D eigenvalue weighted by Gasteiger charge is -2.30. The molecule has 2 saturated carbocycles. The van der Waals surface area contributed by atoms with E-state index in [9.17, 15) is 9.59 Å². The van der Waals surface area contributed by atoms with Gasteiger partial charge in [0.05, 0.1) is 22.6 Å². The van der Waals surface area contributed by atoms with E-state index >= 15 is 0 Å². The summed E-state index contributed by atoms with van der Waals surface area (Å²) in [5.74, 6) is 1.20. The van der Waals surface area contributed by atoms with Gasteiger partial charge in [0.1, 0.15) is 5.75 Å². The van der Waals surface area contributed by atoms with Gasteiger partial charge in [0.25, 0.3) is 5.56 Å². The lowest BCUT2D eigenvalue weighted by molar-refractivity contribution is -0.126. The molecule has 0 aliphatic heterocycles. The van der Waals surface area contributed by atoms with Crippen LogP contribution >= 0.6 is 15.9 Å². The molecule has 25 heavy (non-hydrogen) atoms. The van der Waals surface area contributed by atoms with Crippen LogP contribution in [0.1, 0.15) is 32.1 Å². The lowest BCUT2D eigenvalue weighted by atomic mass is 9.81. The molecule has 0 spiro atoms. The molecule has 2 unspecified atom stereocenters. The Balaban J connectivity index is 1.57. The minimum absolute atomic E-state index is 0.0873. The van der Waals surface area contributed by atoms with Crippen molar-refractivity contribution in [3.05, 3.63) is 27.1 Å². The largest absolute Gasteiger partial charge is 0.489 e. The van der Waals surface area contributed by atoms with Gasteiger partial charge in [0.15, 0.2) is 0 Å². The predicted octanol–water partition coefficient (Wildman–Crippen LogP) is 2.22. The number of pyridine rings is 1. The van der Waals surface area contributed by atoms with Gasteiger partial charge in [-0.3, -0.25) is 9.59 Å². The zero-order valence-electron chi connectivity index (χ0n) is 14.7. The molecule has 3 rings (SSSR count). The second kappa shape index (κ2) is 7.11. The topological polar surface area (TPSA) is 83.6 Å². The van der Waals surface area contributed by atoms with Gasteiger partial charge in [-0.2, -0.15) is 0 Å². The van der Waals surface area contributed by atoms with E-state index in [2.05, 4.69) is 15.9 Å². The Bertz CT molecular complexity index is 712. The van der Waals surface area contributed by atoms with Crippen LogP contribution < -0.4 is 16.0 Å². The number of carbonyl (C=O) groups excluding carboxylic acids is 1. The number of aromatic nitrogens is 1. The Morgan fingerprint density at radius 3 is 2.68 bits per heavy atom. The van der Waals surface area contributed by atoms with Crippen LogP contribution in [0.3, 0.4) is 0 Å². The Hall–Kier alpha value is -1.34. The van der Waals surface area contributed by atoms with Crippen LogP contribution in [0.15, 0.2) is 21.5 Å². The van der Waals surface area contributed by atoms with Gasteiger partial charge in [-0.25, -0.2) is 0 Å². The fourth-order valence-electron chi connectivity index (χ4n) is 4.19. The Kier molecular flexibility index (Phi) is 5.25. The van der Waals surface area contributed by atoms with E-state index in [1.54, 1.807) is 20.4 Å². The number of hydrogen-bond donors (Lipinski definition) is 1. The molecule has 0 radical (unpaired) electrons. The van der Waals surface area contributed by atoms with Gasteiger partial charge in [-0.05, 0) is 59.9 Å². The summed E-state index contributed by atoms with van der Waals surface area (Å²) in [6.07, 6.45) is 6.53. The maximum Gasteiger partial charge on any atom is 0.254 e. The van der Waals surface area contributed by atoms with Crippen LogP contribution in [-0.4, -0.2) is 30.3 Å². The first kappa shape index (κ1) is 18.5. The van der Waals surface area contributed by atoms with Crippen molar-refractivity contribution in [2.45, 2.75) is 38.2 Å². The Labute approximate surface area is 155 Å². The first-order chi connectivity index (χ1) is 11.9. The van der Waals surface area contributed by atoms with E-state index in [4.69, 9.17) is 15.2 Å². The van der Waals surface area contributed by atoms with Crippen LogP contribution in [-0.2, 0) is 16.6 Å². The monoisotopic (exact) mass is 412 g/mol. The number of methoxy groups -OCH3 is 1. The molecule has 2 N–H and O–H groups in total. The molecule has 1 amide bonds. The van der Waals surface area contributed by atoms with E-state index in [-0.39, 0.29) is 17.6 Å². The number of nitrogens with two attached hydrogens (primary N) is 1. The van der Waals surface area contributed by atoms with Crippen LogP contribution in [0.2, 0.25) is 0 Å². The Morgan fingerprint density at radius 1 is 1.40 bits per heavy atom. The van der Waals surface area contributed by atoms with Gasteiger partial charge >= 0.3 is 0 Å². The molecule has 2 atom stereocenters. The molecule has 1 heterocycles. The highest BCUT2D eigenvalue weighted by Gasteiger charge is 2.61. The molecular formula is C18H25BrN2O4. The zero-order chi connectivity index (χ0) is 18.2. The number of aryl methyl sites for hydroxylation is 1. The summed E-state index contributed by atoms with van der Waals surface area (Å²) in [5, 5.41) is 0. The SMILES string of the molecule is COCC1(C(N)=O)CC1C1CCC(Oc2cc(=O)n(C)cc2Br)CC1. The van der Waals surface area contributed by atoms with Gasteiger partial charge in [0.2, 0.25) is 5.91 Å². The highest BCUT2D eigenvalue weighted by Crippen LogP contribution is 2.59. The first-order valence-electron chi connectivity index (χ1n) is 8.69. The van der Waals surface area contributed by atoms with Gasteiger partial charge in [-0.1, -0.05) is 0 Å². The molecule has 0 aromatic carbocycles. The minimum atomic E-state index is -0.457. The first-order valence-corrected chi connectivity index (χ1v) is 9.48. The molecule has 2 fully saturated rings. The van der Waals surface area contributed by atoms with Crippen molar-refractivity contribution in [2.75, 3.05) is 13.7 Å². The van der Waals surface area contributed by atoms with E-state index in [0.717, 1.165) is 36.6 Å². The van der Waals surface area contributed by atoms with Crippen molar-refractivity contribution < 1.29 is 14.3 Å². The third-order valence-corrected chi connectivity index (χ3v) is 6.35. The normalized spacial score (nSPS) is 31.6.